The molecule has 2 heterocycles. The predicted octanol–water partition coefficient (Wildman–Crippen LogP) is 2.37. The van der Waals surface area contributed by atoms with Gasteiger partial charge >= 0.3 is 0 Å². The Morgan fingerprint density at radius 1 is 1.50 bits per heavy atom. The van der Waals surface area contributed by atoms with E-state index in [1.807, 2.05) is 11.4 Å². The van der Waals surface area contributed by atoms with Crippen molar-refractivity contribution in [1.82, 2.24) is 5.32 Å². The van der Waals surface area contributed by atoms with Crippen molar-refractivity contribution in [3.05, 3.63) is 16.3 Å². The quantitative estimate of drug-likeness (QED) is 0.881. The van der Waals surface area contributed by atoms with Gasteiger partial charge in [-0.3, -0.25) is 4.79 Å². The number of carbonyl (C=O) groups excluding carboxylic acids is 1. The fourth-order valence-corrected chi connectivity index (χ4v) is 2.84. The molecule has 5 heteroatoms. The molecular weight excluding hydrogens is 248 g/mol. The van der Waals surface area contributed by atoms with Gasteiger partial charge in [0.1, 0.15) is 0 Å². The maximum atomic E-state index is 11.1. The smallest absolute Gasteiger partial charge is 0.221 e. The Morgan fingerprint density at radius 3 is 2.89 bits per heavy atom. The lowest BCUT2D eigenvalue weighted by Gasteiger charge is -2.34. The van der Waals surface area contributed by atoms with Crippen LogP contribution < -0.4 is 10.6 Å². The SMILES string of the molecule is CC(=O)Nc1ccsc1CNC1(C)CCOCC1. The van der Waals surface area contributed by atoms with Crippen LogP contribution in [0.5, 0.6) is 0 Å². The van der Waals surface area contributed by atoms with Crippen LogP contribution in [-0.2, 0) is 16.1 Å². The summed E-state index contributed by atoms with van der Waals surface area (Å²) in [5.41, 5.74) is 1.08. The van der Waals surface area contributed by atoms with Crippen LogP contribution in [0.4, 0.5) is 5.69 Å². The molecule has 2 N–H and O–H groups in total. The average Bonchev–Trinajstić information content (AvgIpc) is 2.74. The van der Waals surface area contributed by atoms with E-state index in [4.69, 9.17) is 4.74 Å². The van der Waals surface area contributed by atoms with E-state index >= 15 is 0 Å². The Bertz CT molecular complexity index is 411. The molecule has 0 aliphatic carbocycles. The normalized spacial score (nSPS) is 18.6. The number of thiophene rings is 1. The van der Waals surface area contributed by atoms with Crippen LogP contribution in [0.2, 0.25) is 0 Å². The highest BCUT2D eigenvalue weighted by atomic mass is 32.1. The van der Waals surface area contributed by atoms with Gasteiger partial charge in [-0.15, -0.1) is 11.3 Å². The number of carbonyl (C=O) groups is 1. The van der Waals surface area contributed by atoms with Crippen LogP contribution >= 0.6 is 11.3 Å². The fraction of sp³-hybridized carbons (Fsp3) is 0.615. The molecule has 1 amide bonds. The number of nitrogens with one attached hydrogen (secondary N) is 2. The molecule has 1 saturated heterocycles. The first-order chi connectivity index (χ1) is 8.59. The molecule has 100 valence electrons. The Morgan fingerprint density at radius 2 is 2.22 bits per heavy atom. The summed E-state index contributed by atoms with van der Waals surface area (Å²) < 4.78 is 5.38. The van der Waals surface area contributed by atoms with E-state index in [1.165, 1.54) is 11.8 Å². The summed E-state index contributed by atoms with van der Waals surface area (Å²) in [7, 11) is 0. The second kappa shape index (κ2) is 5.82. The van der Waals surface area contributed by atoms with Crippen molar-refractivity contribution in [2.24, 2.45) is 0 Å². The molecule has 1 aliphatic rings. The highest BCUT2D eigenvalue weighted by molar-refractivity contribution is 7.10. The maximum Gasteiger partial charge on any atom is 0.221 e. The third kappa shape index (κ3) is 3.54. The molecule has 0 spiro atoms. The van der Waals surface area contributed by atoms with Gasteiger partial charge in [0.15, 0.2) is 0 Å². The molecule has 0 aromatic carbocycles. The van der Waals surface area contributed by atoms with Crippen molar-refractivity contribution in [3.63, 3.8) is 0 Å². The van der Waals surface area contributed by atoms with Crippen LogP contribution in [0.25, 0.3) is 0 Å². The van der Waals surface area contributed by atoms with Crippen molar-refractivity contribution < 1.29 is 9.53 Å². The highest BCUT2D eigenvalue weighted by Gasteiger charge is 2.26. The summed E-state index contributed by atoms with van der Waals surface area (Å²) in [4.78, 5) is 12.3. The van der Waals surface area contributed by atoms with Crippen molar-refractivity contribution in [1.29, 1.82) is 0 Å². The molecule has 1 aromatic rings. The van der Waals surface area contributed by atoms with Crippen LogP contribution in [0.15, 0.2) is 11.4 Å². The van der Waals surface area contributed by atoms with E-state index in [2.05, 4.69) is 17.6 Å². The Kier molecular flexibility index (Phi) is 4.37. The molecule has 0 radical (unpaired) electrons. The lowest BCUT2D eigenvalue weighted by molar-refractivity contribution is -0.114. The average molecular weight is 268 g/mol. The Balaban J connectivity index is 1.93. The Hall–Kier alpha value is -0.910. The van der Waals surface area contributed by atoms with Gasteiger partial charge in [-0.2, -0.15) is 0 Å². The van der Waals surface area contributed by atoms with E-state index in [9.17, 15) is 4.79 Å². The largest absolute Gasteiger partial charge is 0.381 e. The van der Waals surface area contributed by atoms with Crippen LogP contribution in [0.1, 0.15) is 31.6 Å². The van der Waals surface area contributed by atoms with Gasteiger partial charge in [-0.25, -0.2) is 0 Å². The van der Waals surface area contributed by atoms with Gasteiger partial charge in [0.25, 0.3) is 0 Å². The monoisotopic (exact) mass is 268 g/mol. The third-order valence-corrected chi connectivity index (χ3v) is 4.25. The minimum Gasteiger partial charge on any atom is -0.381 e. The molecule has 1 aromatic heterocycles. The molecular formula is C13H20N2O2S. The third-order valence-electron chi connectivity index (χ3n) is 3.33. The number of rotatable bonds is 4. The Labute approximate surface area is 112 Å². The van der Waals surface area contributed by atoms with Crippen molar-refractivity contribution in [3.8, 4) is 0 Å². The van der Waals surface area contributed by atoms with Crippen LogP contribution in [-0.4, -0.2) is 24.7 Å². The van der Waals surface area contributed by atoms with Gasteiger partial charge < -0.3 is 15.4 Å². The van der Waals surface area contributed by atoms with E-state index in [-0.39, 0.29) is 11.4 Å². The summed E-state index contributed by atoms with van der Waals surface area (Å²) in [5, 5.41) is 8.46. The zero-order valence-electron chi connectivity index (χ0n) is 10.9. The molecule has 0 saturated carbocycles. The van der Waals surface area contributed by atoms with E-state index < -0.39 is 0 Å². The second-order valence-electron chi connectivity index (χ2n) is 4.97. The van der Waals surface area contributed by atoms with E-state index in [1.54, 1.807) is 11.3 Å². The van der Waals surface area contributed by atoms with Gasteiger partial charge in [-0.1, -0.05) is 0 Å². The van der Waals surface area contributed by atoms with Crippen molar-refractivity contribution in [2.75, 3.05) is 18.5 Å². The zero-order valence-corrected chi connectivity index (χ0v) is 11.7. The lowest BCUT2D eigenvalue weighted by atomic mass is 9.92. The van der Waals surface area contributed by atoms with Gasteiger partial charge in [0.2, 0.25) is 5.91 Å². The van der Waals surface area contributed by atoms with E-state index in [0.717, 1.165) is 38.3 Å². The zero-order chi connectivity index (χ0) is 13.0. The first-order valence-electron chi connectivity index (χ1n) is 6.26. The minimum atomic E-state index is -0.0214. The summed E-state index contributed by atoms with van der Waals surface area (Å²) in [6.45, 7) is 6.22. The molecule has 1 fully saturated rings. The van der Waals surface area contributed by atoms with Gasteiger partial charge in [0.05, 0.1) is 5.69 Å². The molecule has 0 unspecified atom stereocenters. The first kappa shape index (κ1) is 13.5. The molecule has 2 rings (SSSR count). The summed E-state index contributed by atoms with van der Waals surface area (Å²) >= 11 is 1.67. The molecule has 18 heavy (non-hydrogen) atoms. The first-order valence-corrected chi connectivity index (χ1v) is 7.14. The van der Waals surface area contributed by atoms with Gasteiger partial charge in [0, 0.05) is 37.1 Å². The number of ether oxygens (including phenoxy) is 1. The second-order valence-corrected chi connectivity index (χ2v) is 5.97. The number of anilines is 1. The highest BCUT2D eigenvalue weighted by Crippen LogP contribution is 2.25. The summed E-state index contributed by atoms with van der Waals surface area (Å²) in [5.74, 6) is -0.0214. The lowest BCUT2D eigenvalue weighted by Crippen LogP contribution is -2.46. The molecule has 1 aliphatic heterocycles. The number of amides is 1. The maximum absolute atomic E-state index is 11.1. The molecule has 4 nitrogen and oxygen atoms in total. The van der Waals surface area contributed by atoms with Crippen molar-refractivity contribution >= 4 is 22.9 Å². The van der Waals surface area contributed by atoms with Crippen LogP contribution in [0, 0.1) is 0 Å². The summed E-state index contributed by atoms with van der Waals surface area (Å²) in [6.07, 6.45) is 2.07. The summed E-state index contributed by atoms with van der Waals surface area (Å²) in [6, 6.07) is 1.95. The number of hydrogen-bond acceptors (Lipinski definition) is 4. The van der Waals surface area contributed by atoms with Gasteiger partial charge in [-0.05, 0) is 31.2 Å². The predicted molar refractivity (Wildman–Crippen MR) is 73.9 cm³/mol. The van der Waals surface area contributed by atoms with Crippen LogP contribution in [0.3, 0.4) is 0 Å². The number of hydrogen-bond donors (Lipinski definition) is 2. The minimum absolute atomic E-state index is 0.0214. The fourth-order valence-electron chi connectivity index (χ4n) is 2.07. The van der Waals surface area contributed by atoms with E-state index in [0.29, 0.717) is 0 Å². The topological polar surface area (TPSA) is 50.4 Å². The van der Waals surface area contributed by atoms with Crippen molar-refractivity contribution in [2.45, 2.75) is 38.8 Å². The molecule has 0 atom stereocenters. The standard InChI is InChI=1S/C13H20N2O2S/c1-10(16)15-11-3-8-18-12(11)9-14-13(2)4-6-17-7-5-13/h3,8,14H,4-7,9H2,1-2H3,(H,15,16). The molecule has 0 bridgehead atoms.